The number of carbonyl (C=O) groups is 4. The van der Waals surface area contributed by atoms with Crippen molar-refractivity contribution in [3.8, 4) is 5.75 Å². The summed E-state index contributed by atoms with van der Waals surface area (Å²) in [5.41, 5.74) is 5.06. The zero-order valence-corrected chi connectivity index (χ0v) is 40.3. The predicted octanol–water partition coefficient (Wildman–Crippen LogP) is 6.15. The molecular formula is C49H63BF2N4O12. The number of hydrogen-bond acceptors (Lipinski definition) is 14. The van der Waals surface area contributed by atoms with E-state index in [1.807, 2.05) is 31.2 Å². The number of rotatable bonds is 27. The maximum absolute atomic E-state index is 17.2. The second-order valence-electron chi connectivity index (χ2n) is 15.7. The molecule has 0 radical (unpaired) electrons. The number of anilines is 2. The standard InChI is InChI=1S/C49H63BF2N4O12/c1-9-64-43(57)30-53(31-44(58)65-10-2)41-20-14-37(29-42(41)54(32-45(59)66-11-3)33-46(60)67-12-4)13-17-39-28-35(6)49-47(48-34(5)27-36(7)55(48)50(51,52)56(39)49)38-15-18-40(19-16-38)68-26-25-63-24-23-62-22-21-61-8/h13-20,27-29H,9-12,21-26,30-33H2,1-8H3/b17-13+. The van der Waals surface area contributed by atoms with Crippen molar-refractivity contribution >= 4 is 59.6 Å². The number of allylic oxidation sites excluding steroid dienone is 3. The molecule has 0 amide bonds. The summed E-state index contributed by atoms with van der Waals surface area (Å²) in [5, 5.41) is 0. The number of esters is 4. The number of nitrogens with zero attached hydrogens (tertiary/aromatic N) is 4. The van der Waals surface area contributed by atoms with Crippen LogP contribution in [0.2, 0.25) is 0 Å². The van der Waals surface area contributed by atoms with Crippen LogP contribution < -0.4 is 14.5 Å². The van der Waals surface area contributed by atoms with Crippen molar-refractivity contribution in [1.82, 2.24) is 4.48 Å². The maximum Gasteiger partial charge on any atom is 0.737 e. The molecule has 19 heteroatoms. The third-order valence-electron chi connectivity index (χ3n) is 10.8. The van der Waals surface area contributed by atoms with Gasteiger partial charge in [0.1, 0.15) is 38.5 Å². The smallest absolute Gasteiger partial charge is 0.491 e. The molecular weight excluding hydrogens is 885 g/mol. The van der Waals surface area contributed by atoms with Gasteiger partial charge in [-0.05, 0) is 107 Å². The molecule has 3 heterocycles. The number of fused-ring (bicyclic) bond motifs is 2. The Morgan fingerprint density at radius 2 is 1.18 bits per heavy atom. The normalized spacial score (nSPS) is 13.8. The summed E-state index contributed by atoms with van der Waals surface area (Å²) >= 11 is 0. The van der Waals surface area contributed by atoms with Gasteiger partial charge in [-0.3, -0.25) is 19.2 Å². The Labute approximate surface area is 396 Å². The van der Waals surface area contributed by atoms with Crippen LogP contribution in [0.1, 0.15) is 62.7 Å². The first-order chi connectivity index (χ1) is 32.7. The quantitative estimate of drug-likeness (QED) is 0.0371. The molecule has 68 heavy (non-hydrogen) atoms. The van der Waals surface area contributed by atoms with E-state index in [0.29, 0.717) is 90.3 Å². The molecule has 0 bridgehead atoms. The highest BCUT2D eigenvalue weighted by molar-refractivity contribution is 6.58. The molecule has 0 atom stereocenters. The molecule has 0 saturated heterocycles. The fourth-order valence-corrected chi connectivity index (χ4v) is 8.15. The van der Waals surface area contributed by atoms with Crippen LogP contribution in [0.25, 0.3) is 11.6 Å². The highest BCUT2D eigenvalue weighted by atomic mass is 19.2. The number of ether oxygens (including phenoxy) is 8. The maximum atomic E-state index is 17.2. The zero-order chi connectivity index (χ0) is 49.4. The van der Waals surface area contributed by atoms with Gasteiger partial charge in [0, 0.05) is 30.5 Å². The van der Waals surface area contributed by atoms with E-state index in [9.17, 15) is 19.2 Å². The predicted molar refractivity (Wildman–Crippen MR) is 254 cm³/mol. The zero-order valence-electron chi connectivity index (χ0n) is 40.3. The average molecular weight is 949 g/mol. The largest absolute Gasteiger partial charge is 0.737 e. The topological polar surface area (TPSA) is 157 Å². The van der Waals surface area contributed by atoms with Crippen LogP contribution in [-0.2, 0) is 52.3 Å². The van der Waals surface area contributed by atoms with E-state index in [1.54, 1.807) is 91.1 Å². The Bertz CT molecular complexity index is 2360. The van der Waals surface area contributed by atoms with Crippen LogP contribution in [0.15, 0.2) is 72.0 Å². The fraction of sp³-hybridized carbons (Fsp3) is 0.449. The number of halogens is 2. The molecule has 0 unspecified atom stereocenters. The van der Waals surface area contributed by atoms with Gasteiger partial charge in [-0.15, -0.1) is 0 Å². The summed E-state index contributed by atoms with van der Waals surface area (Å²) in [6.07, 6.45) is 4.94. The molecule has 16 nitrogen and oxygen atoms in total. The molecule has 0 N–H and O–H groups in total. The highest BCUT2D eigenvalue weighted by Gasteiger charge is 2.55. The first kappa shape index (κ1) is 52.7. The summed E-state index contributed by atoms with van der Waals surface area (Å²) in [6, 6.07) is 14.0. The monoisotopic (exact) mass is 948 g/mol. The van der Waals surface area contributed by atoms with Crippen molar-refractivity contribution in [2.45, 2.75) is 48.5 Å². The summed E-state index contributed by atoms with van der Waals surface area (Å²) < 4.78 is 79.6. The summed E-state index contributed by atoms with van der Waals surface area (Å²) in [4.78, 5) is 54.8. The fourth-order valence-electron chi connectivity index (χ4n) is 8.15. The second kappa shape index (κ2) is 25.2. The number of hydrogen-bond donors (Lipinski definition) is 0. The minimum atomic E-state index is -4.42. The van der Waals surface area contributed by atoms with Gasteiger partial charge < -0.3 is 65.3 Å². The van der Waals surface area contributed by atoms with E-state index >= 15 is 8.63 Å². The lowest BCUT2D eigenvalue weighted by atomic mass is 9.84. The molecule has 0 saturated carbocycles. The summed E-state index contributed by atoms with van der Waals surface area (Å²) in [5.74, 6) is -2.00. The van der Waals surface area contributed by atoms with E-state index in [-0.39, 0.29) is 56.6 Å². The van der Waals surface area contributed by atoms with E-state index in [0.717, 1.165) is 8.96 Å². The Morgan fingerprint density at radius 1 is 0.662 bits per heavy atom. The average Bonchev–Trinajstić information content (AvgIpc) is 3.80. The third kappa shape index (κ3) is 13.2. The van der Waals surface area contributed by atoms with E-state index in [4.69, 9.17) is 37.9 Å². The van der Waals surface area contributed by atoms with Gasteiger partial charge >= 0.3 is 30.8 Å². The number of aromatic nitrogens is 1. The van der Waals surface area contributed by atoms with Crippen LogP contribution in [0, 0.1) is 13.8 Å². The first-order valence-electron chi connectivity index (χ1n) is 22.8. The molecule has 2 aliphatic heterocycles. The van der Waals surface area contributed by atoms with E-state index in [1.165, 1.54) is 9.80 Å². The van der Waals surface area contributed by atoms with Gasteiger partial charge in [0.15, 0.2) is 11.4 Å². The molecule has 0 fully saturated rings. The van der Waals surface area contributed by atoms with Crippen molar-refractivity contribution in [2.24, 2.45) is 0 Å². The lowest BCUT2D eigenvalue weighted by Crippen LogP contribution is -2.51. The van der Waals surface area contributed by atoms with Crippen LogP contribution >= 0.6 is 0 Å². The Kier molecular flexibility index (Phi) is 19.5. The summed E-state index contributed by atoms with van der Waals surface area (Å²) in [6.45, 7) is 8.70. The lowest BCUT2D eigenvalue weighted by Gasteiger charge is -2.34. The van der Waals surface area contributed by atoms with Crippen molar-refractivity contribution in [3.05, 3.63) is 100 Å². The first-order valence-corrected chi connectivity index (χ1v) is 22.8. The van der Waals surface area contributed by atoms with Crippen LogP contribution in [0.3, 0.4) is 0 Å². The number of aryl methyl sites for hydroxylation is 2. The van der Waals surface area contributed by atoms with Crippen LogP contribution in [0.4, 0.5) is 20.0 Å². The van der Waals surface area contributed by atoms with Crippen molar-refractivity contribution in [2.75, 3.05) is 109 Å². The van der Waals surface area contributed by atoms with Crippen molar-refractivity contribution < 1.29 is 70.2 Å². The van der Waals surface area contributed by atoms with E-state index < -0.39 is 43.9 Å². The van der Waals surface area contributed by atoms with E-state index in [2.05, 4.69) is 0 Å². The molecule has 3 aromatic rings. The van der Waals surface area contributed by atoms with Gasteiger partial charge in [-0.2, -0.15) is 0 Å². The second-order valence-corrected chi connectivity index (χ2v) is 15.7. The third-order valence-corrected chi connectivity index (χ3v) is 10.8. The minimum absolute atomic E-state index is 0.0681. The minimum Gasteiger partial charge on any atom is -0.491 e. The lowest BCUT2D eigenvalue weighted by molar-refractivity contribution is -0.362. The van der Waals surface area contributed by atoms with Crippen LogP contribution in [0.5, 0.6) is 5.75 Å². The molecule has 0 aliphatic carbocycles. The molecule has 5 rings (SSSR count). The van der Waals surface area contributed by atoms with Gasteiger partial charge in [-0.1, -0.05) is 18.2 Å². The Morgan fingerprint density at radius 3 is 1.71 bits per heavy atom. The van der Waals surface area contributed by atoms with Crippen LogP contribution in [-0.4, -0.2) is 145 Å². The molecule has 368 valence electrons. The highest BCUT2D eigenvalue weighted by Crippen LogP contribution is 2.44. The molecule has 0 spiro atoms. The van der Waals surface area contributed by atoms with Crippen molar-refractivity contribution in [1.29, 1.82) is 0 Å². The number of carbonyl (C=O) groups excluding carboxylic acids is 4. The molecule has 1 aromatic heterocycles. The van der Waals surface area contributed by atoms with Crippen molar-refractivity contribution in [3.63, 3.8) is 0 Å². The summed E-state index contributed by atoms with van der Waals surface area (Å²) in [7, 11) is 1.61. The van der Waals surface area contributed by atoms with Gasteiger partial charge in [0.2, 0.25) is 0 Å². The van der Waals surface area contributed by atoms with Gasteiger partial charge in [-0.25, -0.2) is 0 Å². The van der Waals surface area contributed by atoms with Gasteiger partial charge in [0.25, 0.3) is 0 Å². The Balaban J connectivity index is 1.57. The number of methoxy groups -OCH3 is 1. The Hall–Kier alpha value is -6.31. The molecule has 2 aliphatic rings. The SMILES string of the molecule is CCOC(=O)CN(CC(=O)OCC)c1ccc(/C=C/C2=[N+]3C(=C(c4ccc(OCCOCCOCCOC)cc4)c4c(C)cc(C)n4[B-]3(F)F)C(C)=C2)cc1N(CC(=O)OCC)CC(=O)OCC. The molecule has 2 aromatic carbocycles. The van der Waals surface area contributed by atoms with Gasteiger partial charge in [0.05, 0.1) is 76.4 Å². The number of benzene rings is 2.